The molecule has 2 rings (SSSR count). The Morgan fingerprint density at radius 3 is 2.28 bits per heavy atom. The van der Waals surface area contributed by atoms with Crippen molar-refractivity contribution in [1.29, 1.82) is 0 Å². The molecule has 1 aromatic heterocycles. The maximum absolute atomic E-state index is 11.6. The van der Waals surface area contributed by atoms with Crippen LogP contribution in [0.2, 0.25) is 0 Å². The number of rotatable bonds is 2. The first kappa shape index (κ1) is 13.2. The number of ether oxygens (including phenoxy) is 1. The second-order valence-corrected chi connectivity index (χ2v) is 7.92. The molecule has 100 valence electrons. The average molecular weight is 292 g/mol. The zero-order chi connectivity index (χ0) is 13.6. The highest BCUT2D eigenvalue weighted by molar-refractivity contribution is 7.91. The van der Waals surface area contributed by atoms with Crippen LogP contribution in [0.4, 0.5) is 0 Å². The Balaban J connectivity index is 2.79. The highest BCUT2D eigenvalue weighted by Crippen LogP contribution is 2.30. The maximum Gasteiger partial charge on any atom is 0.248 e. The Morgan fingerprint density at radius 1 is 1.06 bits per heavy atom. The normalized spacial score (nSPS) is 15.9. The molecule has 0 bridgehead atoms. The van der Waals surface area contributed by atoms with Crippen molar-refractivity contribution in [3.63, 3.8) is 0 Å². The summed E-state index contributed by atoms with van der Waals surface area (Å²) in [6.07, 6.45) is 3.03. The molecular weight excluding hydrogens is 280 g/mol. The Labute approximate surface area is 105 Å². The first-order chi connectivity index (χ1) is 8.19. The third-order valence-electron chi connectivity index (χ3n) is 2.37. The van der Waals surface area contributed by atoms with Crippen molar-refractivity contribution in [1.82, 2.24) is 9.97 Å². The predicted octanol–water partition coefficient (Wildman–Crippen LogP) is -0.391. The molecular formula is C9H12N2O5S2. The van der Waals surface area contributed by atoms with Gasteiger partial charge in [0.2, 0.25) is 20.0 Å². The van der Waals surface area contributed by atoms with Crippen LogP contribution in [-0.2, 0) is 26.1 Å². The van der Waals surface area contributed by atoms with E-state index in [1.807, 2.05) is 0 Å². The molecule has 0 fully saturated rings. The molecule has 18 heavy (non-hydrogen) atoms. The minimum atomic E-state index is -3.67. The summed E-state index contributed by atoms with van der Waals surface area (Å²) in [6, 6.07) is 0. The molecule has 0 aromatic carbocycles. The van der Waals surface area contributed by atoms with Crippen LogP contribution in [0.25, 0.3) is 0 Å². The van der Waals surface area contributed by atoms with Gasteiger partial charge in [0, 0.05) is 12.5 Å². The molecule has 2 heterocycles. The molecule has 1 aliphatic heterocycles. The molecule has 7 nitrogen and oxygen atoms in total. The Kier molecular flexibility index (Phi) is 3.06. The zero-order valence-corrected chi connectivity index (χ0v) is 11.5. The van der Waals surface area contributed by atoms with Crippen LogP contribution in [0.3, 0.4) is 0 Å². The van der Waals surface area contributed by atoms with Gasteiger partial charge >= 0.3 is 0 Å². The Bertz CT molecular complexity index is 694. The SMILES string of the molecule is CS(=O)(=O)c1nc2c(c(S(C)(=O)=O)n1)OCCC2. The molecule has 9 heteroatoms. The van der Waals surface area contributed by atoms with E-state index in [0.29, 0.717) is 25.1 Å². The van der Waals surface area contributed by atoms with Gasteiger partial charge in [-0.15, -0.1) is 0 Å². The van der Waals surface area contributed by atoms with Gasteiger partial charge in [0.1, 0.15) is 0 Å². The third-order valence-corrected chi connectivity index (χ3v) is 4.20. The van der Waals surface area contributed by atoms with E-state index in [1.54, 1.807) is 0 Å². The van der Waals surface area contributed by atoms with E-state index in [4.69, 9.17) is 4.74 Å². The van der Waals surface area contributed by atoms with Crippen molar-refractivity contribution in [2.24, 2.45) is 0 Å². The summed E-state index contributed by atoms with van der Waals surface area (Å²) in [5, 5.41) is -0.834. The summed E-state index contributed by atoms with van der Waals surface area (Å²) in [7, 11) is -7.33. The number of hydrogen-bond donors (Lipinski definition) is 0. The fourth-order valence-corrected chi connectivity index (χ4v) is 2.95. The lowest BCUT2D eigenvalue weighted by molar-refractivity contribution is 0.271. The Hall–Kier alpha value is -1.22. The van der Waals surface area contributed by atoms with Crippen molar-refractivity contribution in [2.45, 2.75) is 23.0 Å². The quantitative estimate of drug-likeness (QED) is 0.540. The molecule has 0 saturated carbocycles. The van der Waals surface area contributed by atoms with E-state index in [9.17, 15) is 16.8 Å². The summed E-state index contributed by atoms with van der Waals surface area (Å²) in [6.45, 7) is 0.372. The van der Waals surface area contributed by atoms with Gasteiger partial charge in [-0.2, -0.15) is 0 Å². The summed E-state index contributed by atoms with van der Waals surface area (Å²) in [4.78, 5) is 7.49. The van der Waals surface area contributed by atoms with Crippen molar-refractivity contribution < 1.29 is 21.6 Å². The molecule has 0 radical (unpaired) electrons. The van der Waals surface area contributed by atoms with Crippen LogP contribution >= 0.6 is 0 Å². The third kappa shape index (κ3) is 2.46. The van der Waals surface area contributed by atoms with Crippen molar-refractivity contribution in [2.75, 3.05) is 19.1 Å². The highest BCUT2D eigenvalue weighted by atomic mass is 32.2. The largest absolute Gasteiger partial charge is 0.489 e. The van der Waals surface area contributed by atoms with Crippen LogP contribution in [-0.4, -0.2) is 45.9 Å². The van der Waals surface area contributed by atoms with E-state index in [1.165, 1.54) is 0 Å². The number of nitrogens with zero attached hydrogens (tertiary/aromatic N) is 2. The lowest BCUT2D eigenvalue weighted by atomic mass is 10.2. The van der Waals surface area contributed by atoms with E-state index < -0.39 is 24.8 Å². The van der Waals surface area contributed by atoms with Gasteiger partial charge in [0.15, 0.2) is 15.6 Å². The summed E-state index contributed by atoms with van der Waals surface area (Å²) >= 11 is 0. The molecule has 1 aliphatic rings. The van der Waals surface area contributed by atoms with Crippen LogP contribution in [0.5, 0.6) is 5.75 Å². The van der Waals surface area contributed by atoms with Gasteiger partial charge in [-0.25, -0.2) is 26.8 Å². The number of fused-ring (bicyclic) bond motifs is 1. The standard InChI is InChI=1S/C9H12N2O5S2/c1-17(12,13)8-7-6(4-3-5-16-7)10-9(11-8)18(2,14)15/h3-5H2,1-2H3. The molecule has 0 spiro atoms. The topological polar surface area (TPSA) is 103 Å². The van der Waals surface area contributed by atoms with Crippen LogP contribution in [0, 0.1) is 0 Å². The molecule has 0 unspecified atom stereocenters. The van der Waals surface area contributed by atoms with Gasteiger partial charge in [0.05, 0.1) is 12.3 Å². The zero-order valence-electron chi connectivity index (χ0n) is 9.87. The van der Waals surface area contributed by atoms with Gasteiger partial charge in [-0.3, -0.25) is 0 Å². The second kappa shape index (κ2) is 4.16. The molecule has 0 amide bonds. The minimum Gasteiger partial charge on any atom is -0.489 e. The Morgan fingerprint density at radius 2 is 1.72 bits per heavy atom. The van der Waals surface area contributed by atoms with Crippen LogP contribution < -0.4 is 4.74 Å². The fourth-order valence-electron chi connectivity index (χ4n) is 1.60. The summed E-state index contributed by atoms with van der Waals surface area (Å²) in [5.41, 5.74) is 0.331. The molecule has 1 aromatic rings. The number of hydrogen-bond acceptors (Lipinski definition) is 7. The monoisotopic (exact) mass is 292 g/mol. The van der Waals surface area contributed by atoms with Crippen molar-refractivity contribution in [3.05, 3.63) is 5.69 Å². The summed E-state index contributed by atoms with van der Waals surface area (Å²) < 4.78 is 51.4. The maximum atomic E-state index is 11.6. The summed E-state index contributed by atoms with van der Waals surface area (Å²) in [5.74, 6) is 0.0798. The van der Waals surface area contributed by atoms with Crippen LogP contribution in [0.15, 0.2) is 10.2 Å². The molecule has 0 saturated heterocycles. The van der Waals surface area contributed by atoms with E-state index in [2.05, 4.69) is 9.97 Å². The first-order valence-corrected chi connectivity index (χ1v) is 8.92. The molecule has 0 aliphatic carbocycles. The lowest BCUT2D eigenvalue weighted by Gasteiger charge is -2.18. The van der Waals surface area contributed by atoms with Gasteiger partial charge in [0.25, 0.3) is 0 Å². The fraction of sp³-hybridized carbons (Fsp3) is 0.556. The van der Waals surface area contributed by atoms with E-state index in [-0.39, 0.29) is 10.8 Å². The van der Waals surface area contributed by atoms with E-state index in [0.717, 1.165) is 12.5 Å². The van der Waals surface area contributed by atoms with Crippen LogP contribution in [0.1, 0.15) is 12.1 Å². The molecule has 0 atom stereocenters. The van der Waals surface area contributed by atoms with Crippen molar-refractivity contribution >= 4 is 19.7 Å². The molecule has 0 N–H and O–H groups in total. The van der Waals surface area contributed by atoms with Crippen molar-refractivity contribution in [3.8, 4) is 5.75 Å². The smallest absolute Gasteiger partial charge is 0.248 e. The highest BCUT2D eigenvalue weighted by Gasteiger charge is 2.27. The number of aromatic nitrogens is 2. The van der Waals surface area contributed by atoms with E-state index >= 15 is 0 Å². The number of aryl methyl sites for hydroxylation is 1. The minimum absolute atomic E-state index is 0.0798. The van der Waals surface area contributed by atoms with Gasteiger partial charge < -0.3 is 4.74 Å². The lowest BCUT2D eigenvalue weighted by Crippen LogP contribution is -2.18. The van der Waals surface area contributed by atoms with Gasteiger partial charge in [-0.1, -0.05) is 0 Å². The first-order valence-electron chi connectivity index (χ1n) is 5.13. The average Bonchev–Trinajstić information content (AvgIpc) is 2.25. The van der Waals surface area contributed by atoms with Gasteiger partial charge in [-0.05, 0) is 12.8 Å². The number of sulfone groups is 2. The second-order valence-electron chi connectivity index (χ2n) is 4.08. The predicted molar refractivity (Wildman–Crippen MR) is 62.1 cm³/mol.